The van der Waals surface area contributed by atoms with Gasteiger partial charge in [0.05, 0.1) is 13.0 Å². The molecule has 13 heavy (non-hydrogen) atoms. The summed E-state index contributed by atoms with van der Waals surface area (Å²) in [6.45, 7) is 8.16. The lowest BCUT2D eigenvalue weighted by molar-refractivity contribution is -0.146. The van der Waals surface area contributed by atoms with Gasteiger partial charge in [0.15, 0.2) is 0 Å². The number of esters is 1. The molecular weight excluding hydrogens is 164 g/mol. The molecule has 0 heterocycles. The van der Waals surface area contributed by atoms with Gasteiger partial charge >= 0.3 is 5.97 Å². The summed E-state index contributed by atoms with van der Waals surface area (Å²) >= 11 is 0. The van der Waals surface area contributed by atoms with E-state index in [0.29, 0.717) is 5.92 Å². The molecule has 0 aromatic heterocycles. The Kier molecular flexibility index (Phi) is 5.44. The Balaban J connectivity index is 4.27. The molecule has 0 aliphatic rings. The SMILES string of the molecule is COC(=O)[C@H](CC=C(C)C)C(C)C. The third kappa shape index (κ3) is 4.71. The van der Waals surface area contributed by atoms with Gasteiger partial charge in [0.25, 0.3) is 0 Å². The molecule has 0 amide bonds. The van der Waals surface area contributed by atoms with Gasteiger partial charge in [0.1, 0.15) is 0 Å². The third-order valence-electron chi connectivity index (χ3n) is 2.09. The minimum atomic E-state index is -0.104. The monoisotopic (exact) mass is 184 g/mol. The van der Waals surface area contributed by atoms with Crippen molar-refractivity contribution in [2.24, 2.45) is 11.8 Å². The Morgan fingerprint density at radius 1 is 1.38 bits per heavy atom. The van der Waals surface area contributed by atoms with E-state index in [1.807, 2.05) is 27.7 Å². The van der Waals surface area contributed by atoms with Crippen molar-refractivity contribution in [2.75, 3.05) is 7.11 Å². The summed E-state index contributed by atoms with van der Waals surface area (Å²) in [5.41, 5.74) is 1.24. The predicted molar refractivity (Wildman–Crippen MR) is 54.4 cm³/mol. The molecule has 0 N–H and O–H groups in total. The summed E-state index contributed by atoms with van der Waals surface area (Å²) < 4.78 is 4.74. The zero-order valence-electron chi connectivity index (χ0n) is 9.26. The average molecular weight is 184 g/mol. The van der Waals surface area contributed by atoms with E-state index in [1.165, 1.54) is 12.7 Å². The van der Waals surface area contributed by atoms with Gasteiger partial charge in [-0.15, -0.1) is 0 Å². The molecule has 0 saturated carbocycles. The van der Waals surface area contributed by atoms with Crippen molar-refractivity contribution in [1.29, 1.82) is 0 Å². The predicted octanol–water partition coefficient (Wildman–Crippen LogP) is 2.79. The van der Waals surface area contributed by atoms with Gasteiger partial charge in [-0.05, 0) is 26.2 Å². The van der Waals surface area contributed by atoms with E-state index in [4.69, 9.17) is 4.74 Å². The maximum absolute atomic E-state index is 11.3. The van der Waals surface area contributed by atoms with E-state index in [1.54, 1.807) is 0 Å². The molecule has 0 saturated heterocycles. The van der Waals surface area contributed by atoms with Crippen molar-refractivity contribution in [3.63, 3.8) is 0 Å². The van der Waals surface area contributed by atoms with Gasteiger partial charge in [0.2, 0.25) is 0 Å². The van der Waals surface area contributed by atoms with Crippen LogP contribution in [0.5, 0.6) is 0 Å². The minimum Gasteiger partial charge on any atom is -0.469 e. The van der Waals surface area contributed by atoms with Gasteiger partial charge in [-0.1, -0.05) is 25.5 Å². The second kappa shape index (κ2) is 5.79. The standard InChI is InChI=1S/C11H20O2/c1-8(2)6-7-10(9(3)4)11(12)13-5/h6,9-10H,7H2,1-5H3/t10-/m1/s1. The molecule has 0 fully saturated rings. The number of carbonyl (C=O) groups excluding carboxylic acids is 1. The molecule has 0 aliphatic carbocycles. The molecule has 0 aromatic rings. The number of ether oxygens (including phenoxy) is 1. The van der Waals surface area contributed by atoms with Crippen LogP contribution >= 0.6 is 0 Å². The summed E-state index contributed by atoms with van der Waals surface area (Å²) in [5, 5.41) is 0. The average Bonchev–Trinajstić information content (AvgIpc) is 2.03. The molecule has 76 valence electrons. The number of allylic oxidation sites excluding steroid dienone is 2. The van der Waals surface area contributed by atoms with Crippen molar-refractivity contribution in [3.8, 4) is 0 Å². The maximum atomic E-state index is 11.3. The first kappa shape index (κ1) is 12.2. The molecule has 0 aromatic carbocycles. The summed E-state index contributed by atoms with van der Waals surface area (Å²) in [5.74, 6) is 0.232. The van der Waals surface area contributed by atoms with Crippen molar-refractivity contribution in [1.82, 2.24) is 0 Å². The van der Waals surface area contributed by atoms with E-state index >= 15 is 0 Å². The third-order valence-corrected chi connectivity index (χ3v) is 2.09. The summed E-state index contributed by atoms with van der Waals surface area (Å²) in [6, 6.07) is 0. The first-order valence-electron chi connectivity index (χ1n) is 4.70. The number of hydrogen-bond acceptors (Lipinski definition) is 2. The maximum Gasteiger partial charge on any atom is 0.309 e. The molecule has 0 radical (unpaired) electrons. The summed E-state index contributed by atoms with van der Waals surface area (Å²) in [4.78, 5) is 11.3. The Hall–Kier alpha value is -0.790. The van der Waals surface area contributed by atoms with Crippen LogP contribution in [-0.4, -0.2) is 13.1 Å². The van der Waals surface area contributed by atoms with E-state index in [0.717, 1.165) is 6.42 Å². The molecule has 0 aliphatic heterocycles. The van der Waals surface area contributed by atoms with Gasteiger partial charge in [-0.25, -0.2) is 0 Å². The Labute approximate surface area is 81.0 Å². The molecule has 2 nitrogen and oxygen atoms in total. The highest BCUT2D eigenvalue weighted by molar-refractivity contribution is 5.72. The molecule has 0 bridgehead atoms. The van der Waals surface area contributed by atoms with Crippen LogP contribution in [0.15, 0.2) is 11.6 Å². The van der Waals surface area contributed by atoms with Gasteiger partial charge in [0, 0.05) is 0 Å². The van der Waals surface area contributed by atoms with Crippen LogP contribution < -0.4 is 0 Å². The van der Waals surface area contributed by atoms with Crippen LogP contribution in [0.1, 0.15) is 34.1 Å². The Morgan fingerprint density at radius 3 is 2.23 bits per heavy atom. The van der Waals surface area contributed by atoms with Crippen LogP contribution in [-0.2, 0) is 9.53 Å². The lowest BCUT2D eigenvalue weighted by Crippen LogP contribution is -2.21. The van der Waals surface area contributed by atoms with Gasteiger partial charge in [-0.2, -0.15) is 0 Å². The van der Waals surface area contributed by atoms with Crippen LogP contribution in [0, 0.1) is 11.8 Å². The lowest BCUT2D eigenvalue weighted by Gasteiger charge is -2.16. The molecule has 0 rings (SSSR count). The number of carbonyl (C=O) groups is 1. The number of methoxy groups -OCH3 is 1. The summed E-state index contributed by atoms with van der Waals surface area (Å²) in [7, 11) is 1.44. The number of hydrogen-bond donors (Lipinski definition) is 0. The summed E-state index contributed by atoms with van der Waals surface area (Å²) in [6.07, 6.45) is 2.87. The van der Waals surface area contributed by atoms with E-state index in [2.05, 4.69) is 6.08 Å². The molecule has 0 unspecified atom stereocenters. The fraction of sp³-hybridized carbons (Fsp3) is 0.727. The highest BCUT2D eigenvalue weighted by atomic mass is 16.5. The fourth-order valence-electron chi connectivity index (χ4n) is 1.15. The van der Waals surface area contributed by atoms with Crippen molar-refractivity contribution >= 4 is 5.97 Å². The van der Waals surface area contributed by atoms with Crippen molar-refractivity contribution in [3.05, 3.63) is 11.6 Å². The highest BCUT2D eigenvalue weighted by Crippen LogP contribution is 2.18. The number of rotatable bonds is 4. The zero-order chi connectivity index (χ0) is 10.4. The van der Waals surface area contributed by atoms with Crippen molar-refractivity contribution < 1.29 is 9.53 Å². The van der Waals surface area contributed by atoms with Crippen LogP contribution in [0.4, 0.5) is 0 Å². The lowest BCUT2D eigenvalue weighted by atomic mass is 9.92. The van der Waals surface area contributed by atoms with E-state index < -0.39 is 0 Å². The van der Waals surface area contributed by atoms with E-state index in [9.17, 15) is 4.79 Å². The first-order valence-corrected chi connectivity index (χ1v) is 4.70. The first-order chi connectivity index (χ1) is 5.99. The second-order valence-corrected chi connectivity index (χ2v) is 3.89. The Morgan fingerprint density at radius 2 is 1.92 bits per heavy atom. The van der Waals surface area contributed by atoms with Crippen LogP contribution in [0.3, 0.4) is 0 Å². The smallest absolute Gasteiger partial charge is 0.309 e. The fourth-order valence-corrected chi connectivity index (χ4v) is 1.15. The molecule has 1 atom stereocenters. The zero-order valence-corrected chi connectivity index (χ0v) is 9.26. The quantitative estimate of drug-likeness (QED) is 0.496. The Bertz CT molecular complexity index is 188. The topological polar surface area (TPSA) is 26.3 Å². The van der Waals surface area contributed by atoms with Gasteiger partial charge in [-0.3, -0.25) is 4.79 Å². The highest BCUT2D eigenvalue weighted by Gasteiger charge is 2.21. The molecule has 2 heteroatoms. The normalized spacial score (nSPS) is 12.5. The minimum absolute atomic E-state index is 0.0000926. The van der Waals surface area contributed by atoms with E-state index in [-0.39, 0.29) is 11.9 Å². The van der Waals surface area contributed by atoms with Crippen LogP contribution in [0.2, 0.25) is 0 Å². The second-order valence-electron chi connectivity index (χ2n) is 3.89. The van der Waals surface area contributed by atoms with Crippen molar-refractivity contribution in [2.45, 2.75) is 34.1 Å². The molecule has 0 spiro atoms. The van der Waals surface area contributed by atoms with Gasteiger partial charge < -0.3 is 4.74 Å². The largest absolute Gasteiger partial charge is 0.469 e. The molecular formula is C11H20O2. The van der Waals surface area contributed by atoms with Crippen LogP contribution in [0.25, 0.3) is 0 Å².